The van der Waals surface area contributed by atoms with Gasteiger partial charge in [0.15, 0.2) is 0 Å². The number of hydrogen-bond donors (Lipinski definition) is 0. The molecule has 0 saturated heterocycles. The summed E-state index contributed by atoms with van der Waals surface area (Å²) < 4.78 is 0. The Morgan fingerprint density at radius 2 is 0.578 bits per heavy atom. The largest absolute Gasteiger partial charge is 4.00 e. The van der Waals surface area contributed by atoms with Crippen molar-refractivity contribution in [1.82, 2.24) is 0 Å². The van der Waals surface area contributed by atoms with Crippen molar-refractivity contribution in [2.45, 2.75) is 0 Å². The van der Waals surface area contributed by atoms with Crippen molar-refractivity contribution in [3.63, 3.8) is 0 Å². The average molecular weight is 697 g/mol. The molecule has 0 saturated carbocycles. The summed E-state index contributed by atoms with van der Waals surface area (Å²) >= 11 is 0. The van der Waals surface area contributed by atoms with Crippen LogP contribution < -0.4 is 24.8 Å². The molecule has 8 aromatic carbocycles. The summed E-state index contributed by atoms with van der Waals surface area (Å²) in [5.74, 6) is 0. The second-order valence-electron chi connectivity index (χ2n) is 10.6. The molecule has 0 bridgehead atoms. The molecule has 0 fully saturated rings. The van der Waals surface area contributed by atoms with Gasteiger partial charge < -0.3 is 24.8 Å². The van der Waals surface area contributed by atoms with Gasteiger partial charge >= 0.3 is 26.2 Å². The number of fused-ring (bicyclic) bond motifs is 2. The maximum absolute atomic E-state index is 2.26. The van der Waals surface area contributed by atoms with Gasteiger partial charge in [0.2, 0.25) is 0 Å². The summed E-state index contributed by atoms with van der Waals surface area (Å²) in [4.78, 5) is 0. The van der Waals surface area contributed by atoms with Crippen LogP contribution in [0.15, 0.2) is 182 Å². The van der Waals surface area contributed by atoms with Gasteiger partial charge in [0.05, 0.1) is 0 Å². The quantitative estimate of drug-likeness (QED) is 0.205. The van der Waals surface area contributed by atoms with Crippen LogP contribution in [-0.2, 0) is 26.2 Å². The van der Waals surface area contributed by atoms with Gasteiger partial charge in [0, 0.05) is 0 Å². The summed E-state index contributed by atoms with van der Waals surface area (Å²) in [6, 6.07) is 64.6. The van der Waals surface area contributed by atoms with Crippen molar-refractivity contribution < 1.29 is 51.0 Å². The fourth-order valence-corrected chi connectivity index (χ4v) is 5.61. The number of halogens is 2. The normalized spacial score (nSPS) is 10.1. The van der Waals surface area contributed by atoms with Crippen LogP contribution in [0.25, 0.3) is 66.1 Å². The van der Waals surface area contributed by atoms with Gasteiger partial charge in [0.25, 0.3) is 0 Å². The molecule has 0 aromatic heterocycles. The van der Waals surface area contributed by atoms with E-state index in [1.165, 1.54) is 66.1 Å². The molecule has 0 aliphatic carbocycles. The van der Waals surface area contributed by atoms with Gasteiger partial charge in [-0.25, -0.2) is 0 Å². The van der Waals surface area contributed by atoms with Crippen LogP contribution in [0.5, 0.6) is 0 Å². The van der Waals surface area contributed by atoms with E-state index in [-0.39, 0.29) is 51.0 Å². The van der Waals surface area contributed by atoms with Crippen LogP contribution in [0.2, 0.25) is 0 Å². The van der Waals surface area contributed by atoms with E-state index in [2.05, 4.69) is 170 Å². The second-order valence-corrected chi connectivity index (χ2v) is 10.6. The molecule has 45 heavy (non-hydrogen) atoms. The molecule has 0 aliphatic rings. The summed E-state index contributed by atoms with van der Waals surface area (Å²) in [5.41, 5.74) is 10.2. The number of hydrogen-bond acceptors (Lipinski definition) is 0. The predicted octanol–water partition coefficient (Wildman–Crippen LogP) is 5.79. The summed E-state index contributed by atoms with van der Waals surface area (Å²) in [5, 5.41) is 5.22. The van der Waals surface area contributed by atoms with E-state index in [9.17, 15) is 0 Å². The molecule has 216 valence electrons. The van der Waals surface area contributed by atoms with E-state index >= 15 is 0 Å². The molecular weight excluding hydrogens is 667 g/mol. The van der Waals surface area contributed by atoms with Crippen molar-refractivity contribution in [3.05, 3.63) is 182 Å². The fraction of sp³-hybridized carbons (Fsp3) is 0. The van der Waals surface area contributed by atoms with Gasteiger partial charge in [0.1, 0.15) is 0 Å². The van der Waals surface area contributed by atoms with Crippen molar-refractivity contribution in [1.29, 1.82) is 0 Å². The minimum atomic E-state index is 0. The standard InChI is InChI=1S/2C21H15.2ClH.Zr/c2*1-2-6-16(7-3-1)17-10-12-18(13-11-17)21-14-19-8-4-5-9-20(19)15-21;;;/h2*1-15H;2*1H;/q2*-1;;;+4/p-2. The summed E-state index contributed by atoms with van der Waals surface area (Å²) in [6.07, 6.45) is 0. The first-order chi connectivity index (χ1) is 20.8. The smallest absolute Gasteiger partial charge is 1.00 e. The van der Waals surface area contributed by atoms with Gasteiger partial charge in [-0.15, -0.1) is 69.1 Å². The first kappa shape index (κ1) is 33.9. The van der Waals surface area contributed by atoms with Crippen LogP contribution in [0.3, 0.4) is 0 Å². The topological polar surface area (TPSA) is 0 Å². The van der Waals surface area contributed by atoms with Crippen LogP contribution in [0, 0.1) is 0 Å². The van der Waals surface area contributed by atoms with Crippen LogP contribution >= 0.6 is 0 Å². The van der Waals surface area contributed by atoms with Crippen molar-refractivity contribution in [3.8, 4) is 44.5 Å². The Labute approximate surface area is 297 Å². The van der Waals surface area contributed by atoms with Crippen molar-refractivity contribution in [2.75, 3.05) is 0 Å². The Hall–Kier alpha value is -4.00. The third-order valence-corrected chi connectivity index (χ3v) is 7.89. The molecule has 0 N–H and O–H groups in total. The Balaban J connectivity index is 0.000000192. The molecule has 0 heterocycles. The van der Waals surface area contributed by atoms with Crippen LogP contribution in [-0.4, -0.2) is 0 Å². The third kappa shape index (κ3) is 7.81. The zero-order chi connectivity index (χ0) is 28.1. The summed E-state index contributed by atoms with van der Waals surface area (Å²) in [6.45, 7) is 0. The maximum atomic E-state index is 2.26. The van der Waals surface area contributed by atoms with E-state index in [4.69, 9.17) is 0 Å². The van der Waals surface area contributed by atoms with Gasteiger partial charge in [-0.05, 0) is 22.3 Å². The monoisotopic (exact) mass is 694 g/mol. The predicted molar refractivity (Wildman–Crippen MR) is 181 cm³/mol. The third-order valence-electron chi connectivity index (χ3n) is 7.89. The zero-order valence-electron chi connectivity index (χ0n) is 24.6. The summed E-state index contributed by atoms with van der Waals surface area (Å²) in [7, 11) is 0. The number of rotatable bonds is 4. The fourth-order valence-electron chi connectivity index (χ4n) is 5.61. The van der Waals surface area contributed by atoms with Crippen molar-refractivity contribution >= 4 is 21.5 Å². The van der Waals surface area contributed by atoms with E-state index in [1.54, 1.807) is 0 Å². The molecule has 0 nitrogen and oxygen atoms in total. The molecule has 8 rings (SSSR count). The first-order valence-electron chi connectivity index (χ1n) is 14.4. The van der Waals surface area contributed by atoms with Gasteiger partial charge in [-0.3, -0.25) is 0 Å². The van der Waals surface area contributed by atoms with Gasteiger partial charge in [-0.2, -0.15) is 0 Å². The zero-order valence-corrected chi connectivity index (χ0v) is 28.5. The Morgan fingerprint density at radius 3 is 0.933 bits per heavy atom. The number of benzene rings is 6. The molecule has 0 aliphatic heterocycles. The molecule has 0 radical (unpaired) electrons. The molecule has 3 heteroatoms. The van der Waals surface area contributed by atoms with Crippen molar-refractivity contribution in [2.24, 2.45) is 0 Å². The molecular formula is C42H30Cl2Zr. The minimum absolute atomic E-state index is 0. The van der Waals surface area contributed by atoms with E-state index < -0.39 is 0 Å². The molecule has 0 unspecified atom stereocenters. The molecule has 8 aromatic rings. The van der Waals surface area contributed by atoms with Crippen LogP contribution in [0.1, 0.15) is 0 Å². The van der Waals surface area contributed by atoms with Crippen LogP contribution in [0.4, 0.5) is 0 Å². The second kappa shape index (κ2) is 15.8. The SMILES string of the molecule is [Cl-].[Cl-].[Zr+4].c1ccc(-c2ccc(-c3cc4ccccc4[cH-]3)cc2)cc1.c1ccc(-c2ccc(-c3cc4ccccc4[cH-]3)cc2)cc1. The average Bonchev–Trinajstić information content (AvgIpc) is 3.71. The van der Waals surface area contributed by atoms with E-state index in [0.717, 1.165) is 0 Å². The Kier molecular flexibility index (Phi) is 11.9. The van der Waals surface area contributed by atoms with E-state index in [0.29, 0.717) is 0 Å². The Morgan fingerprint density at radius 1 is 0.289 bits per heavy atom. The molecule has 0 amide bonds. The molecule has 0 spiro atoms. The molecule has 0 atom stereocenters. The van der Waals surface area contributed by atoms with E-state index in [1.807, 2.05) is 12.1 Å². The minimum Gasteiger partial charge on any atom is -1.00 e. The maximum Gasteiger partial charge on any atom is 4.00 e. The van der Waals surface area contributed by atoms with Gasteiger partial charge in [-0.1, -0.05) is 157 Å². The Bertz CT molecular complexity index is 1840. The first-order valence-corrected chi connectivity index (χ1v) is 14.4.